The van der Waals surface area contributed by atoms with Gasteiger partial charge in [0.25, 0.3) is 0 Å². The Morgan fingerprint density at radius 2 is 1.90 bits per heavy atom. The van der Waals surface area contributed by atoms with Crippen molar-refractivity contribution in [2.45, 2.75) is 44.3 Å². The smallest absolute Gasteiger partial charge is 0.0234 e. The summed E-state index contributed by atoms with van der Waals surface area (Å²) in [7, 11) is 2.27. The standard InChI is InChI=1S/C18H29N3/c1-20-11-6-10-18(20)13-19-17-9-5-12-21(15-17)14-16-7-3-2-4-8-16/h2-4,7-8,17-19H,5-6,9-15H2,1H3. The van der Waals surface area contributed by atoms with Gasteiger partial charge in [-0.05, 0) is 51.4 Å². The number of likely N-dealkylation sites (N-methyl/N-ethyl adjacent to an activating group) is 1. The molecule has 1 N–H and O–H groups in total. The first-order valence-corrected chi connectivity index (χ1v) is 8.51. The van der Waals surface area contributed by atoms with Gasteiger partial charge in [-0.25, -0.2) is 0 Å². The summed E-state index contributed by atoms with van der Waals surface area (Å²) in [5, 5.41) is 3.83. The molecule has 116 valence electrons. The number of likely N-dealkylation sites (tertiary alicyclic amines) is 2. The fraction of sp³-hybridized carbons (Fsp3) is 0.667. The Kier molecular flexibility index (Phi) is 5.28. The van der Waals surface area contributed by atoms with E-state index < -0.39 is 0 Å². The van der Waals surface area contributed by atoms with E-state index in [1.807, 2.05) is 0 Å². The van der Waals surface area contributed by atoms with Crippen molar-refractivity contribution in [1.82, 2.24) is 15.1 Å². The van der Waals surface area contributed by atoms with E-state index in [9.17, 15) is 0 Å². The van der Waals surface area contributed by atoms with Gasteiger partial charge >= 0.3 is 0 Å². The monoisotopic (exact) mass is 287 g/mol. The van der Waals surface area contributed by atoms with Crippen LogP contribution in [-0.2, 0) is 6.54 Å². The van der Waals surface area contributed by atoms with Gasteiger partial charge in [0, 0.05) is 31.7 Å². The maximum Gasteiger partial charge on any atom is 0.0234 e. The molecule has 2 fully saturated rings. The van der Waals surface area contributed by atoms with Gasteiger partial charge in [0.2, 0.25) is 0 Å². The highest BCUT2D eigenvalue weighted by molar-refractivity contribution is 5.14. The molecular formula is C18H29N3. The molecule has 1 aromatic rings. The summed E-state index contributed by atoms with van der Waals surface area (Å²) in [4.78, 5) is 5.12. The summed E-state index contributed by atoms with van der Waals surface area (Å²) in [5.74, 6) is 0. The van der Waals surface area contributed by atoms with Crippen molar-refractivity contribution in [2.75, 3.05) is 33.2 Å². The molecule has 0 bridgehead atoms. The largest absolute Gasteiger partial charge is 0.311 e. The van der Waals surface area contributed by atoms with Crippen LogP contribution >= 0.6 is 0 Å². The number of hydrogen-bond acceptors (Lipinski definition) is 3. The topological polar surface area (TPSA) is 18.5 Å². The van der Waals surface area contributed by atoms with E-state index >= 15 is 0 Å². The summed E-state index contributed by atoms with van der Waals surface area (Å²) >= 11 is 0. The van der Waals surface area contributed by atoms with E-state index in [1.54, 1.807) is 0 Å². The van der Waals surface area contributed by atoms with E-state index in [-0.39, 0.29) is 0 Å². The Bertz CT molecular complexity index is 420. The molecule has 21 heavy (non-hydrogen) atoms. The summed E-state index contributed by atoms with van der Waals surface area (Å²) in [5.41, 5.74) is 1.44. The lowest BCUT2D eigenvalue weighted by Crippen LogP contribution is -2.48. The van der Waals surface area contributed by atoms with Gasteiger partial charge in [0.15, 0.2) is 0 Å². The summed E-state index contributed by atoms with van der Waals surface area (Å²) in [6.07, 6.45) is 5.39. The molecule has 0 aliphatic carbocycles. The highest BCUT2D eigenvalue weighted by Gasteiger charge is 2.24. The second-order valence-corrected chi connectivity index (χ2v) is 6.74. The number of benzene rings is 1. The van der Waals surface area contributed by atoms with Crippen molar-refractivity contribution in [3.8, 4) is 0 Å². The summed E-state index contributed by atoms with van der Waals surface area (Å²) in [6, 6.07) is 12.3. The second kappa shape index (κ2) is 7.39. The first-order valence-electron chi connectivity index (χ1n) is 8.51. The van der Waals surface area contributed by atoms with Crippen molar-refractivity contribution in [3.63, 3.8) is 0 Å². The van der Waals surface area contributed by atoms with E-state index in [0.29, 0.717) is 6.04 Å². The molecule has 1 aromatic carbocycles. The number of nitrogens with zero attached hydrogens (tertiary/aromatic N) is 2. The van der Waals surface area contributed by atoms with Crippen molar-refractivity contribution >= 4 is 0 Å². The highest BCUT2D eigenvalue weighted by atomic mass is 15.2. The minimum Gasteiger partial charge on any atom is -0.311 e. The first-order chi connectivity index (χ1) is 10.3. The van der Waals surface area contributed by atoms with Gasteiger partial charge in [-0.3, -0.25) is 4.90 Å². The fourth-order valence-corrected chi connectivity index (χ4v) is 3.75. The van der Waals surface area contributed by atoms with Crippen LogP contribution in [0.1, 0.15) is 31.2 Å². The molecule has 0 radical (unpaired) electrons. The lowest BCUT2D eigenvalue weighted by Gasteiger charge is -2.34. The molecule has 2 aliphatic heterocycles. The van der Waals surface area contributed by atoms with E-state index in [0.717, 1.165) is 12.6 Å². The number of rotatable bonds is 5. The molecular weight excluding hydrogens is 258 g/mol. The van der Waals surface area contributed by atoms with E-state index in [1.165, 1.54) is 57.4 Å². The van der Waals surface area contributed by atoms with Crippen LogP contribution in [0.2, 0.25) is 0 Å². The number of piperidine rings is 1. The maximum absolute atomic E-state index is 3.83. The number of hydrogen-bond donors (Lipinski definition) is 1. The normalized spacial score (nSPS) is 28.0. The summed E-state index contributed by atoms with van der Waals surface area (Å²) < 4.78 is 0. The molecule has 2 heterocycles. The summed E-state index contributed by atoms with van der Waals surface area (Å²) in [6.45, 7) is 5.99. The van der Waals surface area contributed by atoms with Crippen LogP contribution in [0.5, 0.6) is 0 Å². The van der Waals surface area contributed by atoms with Crippen molar-refractivity contribution in [3.05, 3.63) is 35.9 Å². The average molecular weight is 287 g/mol. The third-order valence-electron chi connectivity index (χ3n) is 5.07. The lowest BCUT2D eigenvalue weighted by atomic mass is 10.0. The molecule has 0 spiro atoms. The molecule has 3 rings (SSSR count). The van der Waals surface area contributed by atoms with Gasteiger partial charge in [-0.1, -0.05) is 30.3 Å². The minimum absolute atomic E-state index is 0.677. The van der Waals surface area contributed by atoms with Crippen LogP contribution < -0.4 is 5.32 Å². The molecule has 0 amide bonds. The molecule has 2 atom stereocenters. The van der Waals surface area contributed by atoms with Crippen molar-refractivity contribution < 1.29 is 0 Å². The molecule has 3 nitrogen and oxygen atoms in total. The zero-order chi connectivity index (χ0) is 14.5. The van der Waals surface area contributed by atoms with E-state index in [2.05, 4.69) is 52.5 Å². The van der Waals surface area contributed by atoms with Crippen molar-refractivity contribution in [2.24, 2.45) is 0 Å². The lowest BCUT2D eigenvalue weighted by molar-refractivity contribution is 0.176. The van der Waals surface area contributed by atoms with Crippen LogP contribution in [-0.4, -0.2) is 55.1 Å². The van der Waals surface area contributed by atoms with Crippen LogP contribution in [0.3, 0.4) is 0 Å². The Hall–Kier alpha value is -0.900. The third-order valence-corrected chi connectivity index (χ3v) is 5.07. The van der Waals surface area contributed by atoms with Crippen LogP contribution in [0.4, 0.5) is 0 Å². The Morgan fingerprint density at radius 1 is 1.10 bits per heavy atom. The molecule has 2 aliphatic rings. The predicted molar refractivity (Wildman–Crippen MR) is 88.4 cm³/mol. The average Bonchev–Trinajstić information content (AvgIpc) is 2.92. The first kappa shape index (κ1) is 15.0. The van der Waals surface area contributed by atoms with E-state index in [4.69, 9.17) is 0 Å². The molecule has 0 aromatic heterocycles. The number of nitrogens with one attached hydrogen (secondary N) is 1. The third kappa shape index (κ3) is 4.29. The van der Waals surface area contributed by atoms with Crippen LogP contribution in [0, 0.1) is 0 Å². The Balaban J connectivity index is 1.44. The Labute approximate surface area is 129 Å². The highest BCUT2D eigenvalue weighted by Crippen LogP contribution is 2.16. The molecule has 3 heteroatoms. The SMILES string of the molecule is CN1CCCC1CNC1CCCN(Cc2ccccc2)C1. The maximum atomic E-state index is 3.83. The van der Waals surface area contributed by atoms with Gasteiger partial charge in [-0.2, -0.15) is 0 Å². The molecule has 2 unspecified atom stereocenters. The van der Waals surface area contributed by atoms with Crippen molar-refractivity contribution in [1.29, 1.82) is 0 Å². The van der Waals surface area contributed by atoms with Gasteiger partial charge < -0.3 is 10.2 Å². The zero-order valence-corrected chi connectivity index (χ0v) is 13.3. The van der Waals surface area contributed by atoms with Crippen LogP contribution in [0.25, 0.3) is 0 Å². The fourth-order valence-electron chi connectivity index (χ4n) is 3.75. The minimum atomic E-state index is 0.677. The van der Waals surface area contributed by atoms with Gasteiger partial charge in [0.1, 0.15) is 0 Å². The van der Waals surface area contributed by atoms with Gasteiger partial charge in [0.05, 0.1) is 0 Å². The molecule has 2 saturated heterocycles. The zero-order valence-electron chi connectivity index (χ0n) is 13.3. The Morgan fingerprint density at radius 3 is 2.67 bits per heavy atom. The van der Waals surface area contributed by atoms with Gasteiger partial charge in [-0.15, -0.1) is 0 Å². The second-order valence-electron chi connectivity index (χ2n) is 6.74. The van der Waals surface area contributed by atoms with Crippen LogP contribution in [0.15, 0.2) is 30.3 Å². The molecule has 0 saturated carbocycles. The predicted octanol–water partition coefficient (Wildman–Crippen LogP) is 2.33. The quantitative estimate of drug-likeness (QED) is 0.897.